The minimum absolute atomic E-state index is 0.142. The zero-order valence-corrected chi connectivity index (χ0v) is 13.9. The molecule has 0 radical (unpaired) electrons. The van der Waals surface area contributed by atoms with Crippen molar-refractivity contribution in [1.29, 1.82) is 0 Å². The minimum atomic E-state index is -3.73. The van der Waals surface area contributed by atoms with Gasteiger partial charge in [-0.15, -0.1) is 0 Å². The Morgan fingerprint density at radius 1 is 1.08 bits per heavy atom. The topological polar surface area (TPSA) is 101 Å². The van der Waals surface area contributed by atoms with Crippen LogP contribution in [0.1, 0.15) is 17.5 Å². The highest BCUT2D eigenvalue weighted by Crippen LogP contribution is 2.32. The van der Waals surface area contributed by atoms with Crippen LogP contribution in [-0.4, -0.2) is 20.4 Å². The number of hydrogen-bond donors (Lipinski definition) is 2. The van der Waals surface area contributed by atoms with Crippen LogP contribution in [0, 0.1) is 10.1 Å². The highest BCUT2D eigenvalue weighted by atomic mass is 32.2. The molecule has 3 rings (SSSR count). The Morgan fingerprint density at radius 3 is 2.54 bits per heavy atom. The van der Waals surface area contributed by atoms with Crippen LogP contribution in [-0.2, 0) is 22.9 Å². The molecule has 0 atom stereocenters. The number of benzene rings is 2. The molecule has 0 spiro atoms. The minimum Gasteiger partial charge on any atom is -0.350 e. The molecule has 8 heteroatoms. The third kappa shape index (κ3) is 3.10. The Kier molecular flexibility index (Phi) is 4.25. The summed E-state index contributed by atoms with van der Waals surface area (Å²) in [4.78, 5) is 10.6. The molecule has 1 aliphatic carbocycles. The number of rotatable bonds is 5. The lowest BCUT2D eigenvalue weighted by Gasteiger charge is -2.10. The fourth-order valence-corrected chi connectivity index (χ4v) is 3.61. The number of nitro benzene ring substituents is 1. The highest BCUT2D eigenvalue weighted by molar-refractivity contribution is 7.89. The predicted molar refractivity (Wildman–Crippen MR) is 91.1 cm³/mol. The van der Waals surface area contributed by atoms with E-state index in [1.165, 1.54) is 30.3 Å². The van der Waals surface area contributed by atoms with Crippen molar-refractivity contribution < 1.29 is 13.3 Å². The Morgan fingerprint density at radius 2 is 1.83 bits per heavy atom. The molecule has 0 amide bonds. The van der Waals surface area contributed by atoms with Crippen LogP contribution >= 0.6 is 0 Å². The summed E-state index contributed by atoms with van der Waals surface area (Å²) in [6, 6.07) is 9.71. The third-order valence-electron chi connectivity index (χ3n) is 4.12. The predicted octanol–water partition coefficient (Wildman–Crippen LogP) is 2.74. The van der Waals surface area contributed by atoms with Gasteiger partial charge < -0.3 is 5.32 Å². The first-order valence-corrected chi connectivity index (χ1v) is 9.00. The maximum atomic E-state index is 11.8. The lowest BCUT2D eigenvalue weighted by Crippen LogP contribution is -2.18. The van der Waals surface area contributed by atoms with E-state index in [2.05, 4.69) is 10.0 Å². The number of hydrogen-bond acceptors (Lipinski definition) is 5. The second kappa shape index (κ2) is 6.21. The fraction of sp³-hybridized carbons (Fsp3) is 0.250. The van der Waals surface area contributed by atoms with Gasteiger partial charge in [0, 0.05) is 11.8 Å². The number of sulfonamides is 1. The molecule has 1 aliphatic rings. The first-order valence-electron chi connectivity index (χ1n) is 7.51. The average Bonchev–Trinajstić information content (AvgIpc) is 3.02. The second-order valence-corrected chi connectivity index (χ2v) is 7.49. The molecule has 2 aromatic rings. The summed E-state index contributed by atoms with van der Waals surface area (Å²) in [6.45, 7) is 0. The van der Waals surface area contributed by atoms with E-state index in [1.807, 2.05) is 18.2 Å². The van der Waals surface area contributed by atoms with E-state index in [0.29, 0.717) is 0 Å². The number of nitrogens with zero attached hydrogens (tertiary/aromatic N) is 1. The van der Waals surface area contributed by atoms with Crippen molar-refractivity contribution in [2.75, 3.05) is 12.4 Å². The van der Waals surface area contributed by atoms with Crippen molar-refractivity contribution in [2.45, 2.75) is 24.2 Å². The smallest absolute Gasteiger partial charge is 0.294 e. The molecular weight excluding hydrogens is 330 g/mol. The first-order chi connectivity index (χ1) is 11.4. The van der Waals surface area contributed by atoms with Gasteiger partial charge in [-0.1, -0.05) is 6.07 Å². The van der Waals surface area contributed by atoms with Crippen molar-refractivity contribution in [3.05, 3.63) is 57.6 Å². The molecule has 0 unspecified atom stereocenters. The largest absolute Gasteiger partial charge is 0.350 e. The molecule has 0 saturated heterocycles. The molecule has 0 bridgehead atoms. The summed E-state index contributed by atoms with van der Waals surface area (Å²) in [5.74, 6) is 0. The molecule has 2 N–H and O–H groups in total. The second-order valence-electron chi connectivity index (χ2n) is 5.61. The lowest BCUT2D eigenvalue weighted by atomic mass is 10.1. The van der Waals surface area contributed by atoms with Crippen LogP contribution < -0.4 is 10.0 Å². The maximum absolute atomic E-state index is 11.8. The Balaban J connectivity index is 1.97. The molecule has 7 nitrogen and oxygen atoms in total. The molecule has 126 valence electrons. The van der Waals surface area contributed by atoms with Gasteiger partial charge in [-0.3, -0.25) is 10.1 Å². The molecule has 0 heterocycles. The van der Waals surface area contributed by atoms with Gasteiger partial charge in [0.2, 0.25) is 10.0 Å². The van der Waals surface area contributed by atoms with E-state index in [0.717, 1.165) is 31.0 Å². The summed E-state index contributed by atoms with van der Waals surface area (Å²) < 4.78 is 25.8. The van der Waals surface area contributed by atoms with Crippen LogP contribution in [0.2, 0.25) is 0 Å². The molecular formula is C16H17N3O4S. The van der Waals surface area contributed by atoms with Crippen molar-refractivity contribution in [3.8, 4) is 0 Å². The van der Waals surface area contributed by atoms with Gasteiger partial charge in [0.15, 0.2) is 0 Å². The Labute approximate surface area is 139 Å². The van der Waals surface area contributed by atoms with Crippen molar-refractivity contribution in [2.24, 2.45) is 0 Å². The van der Waals surface area contributed by atoms with E-state index >= 15 is 0 Å². The van der Waals surface area contributed by atoms with E-state index in [-0.39, 0.29) is 16.3 Å². The van der Waals surface area contributed by atoms with Gasteiger partial charge in [0.25, 0.3) is 5.69 Å². The summed E-state index contributed by atoms with van der Waals surface area (Å²) in [5, 5.41) is 14.3. The maximum Gasteiger partial charge on any atom is 0.294 e. The van der Waals surface area contributed by atoms with Crippen molar-refractivity contribution in [3.63, 3.8) is 0 Å². The monoisotopic (exact) mass is 347 g/mol. The summed E-state index contributed by atoms with van der Waals surface area (Å²) in [5.41, 5.74) is 3.28. The highest BCUT2D eigenvalue weighted by Gasteiger charge is 2.21. The quantitative estimate of drug-likeness (QED) is 0.640. The number of nitro groups is 1. The fourth-order valence-electron chi connectivity index (χ4n) is 2.86. The van der Waals surface area contributed by atoms with Gasteiger partial charge in [-0.25, -0.2) is 13.1 Å². The van der Waals surface area contributed by atoms with Crippen molar-refractivity contribution in [1.82, 2.24) is 4.72 Å². The summed E-state index contributed by atoms with van der Waals surface area (Å²) >= 11 is 0. The Bertz CT molecular complexity index is 910. The zero-order valence-electron chi connectivity index (χ0n) is 13.1. The molecule has 0 fully saturated rings. The third-order valence-corrected chi connectivity index (χ3v) is 5.53. The molecule has 0 aromatic heterocycles. The molecule has 0 aliphatic heterocycles. The average molecular weight is 347 g/mol. The molecule has 0 saturated carbocycles. The zero-order chi connectivity index (χ0) is 17.3. The number of nitrogens with one attached hydrogen (secondary N) is 2. The van der Waals surface area contributed by atoms with Gasteiger partial charge in [-0.2, -0.15) is 0 Å². The van der Waals surface area contributed by atoms with E-state index < -0.39 is 14.9 Å². The van der Waals surface area contributed by atoms with Crippen LogP contribution in [0.15, 0.2) is 41.3 Å². The van der Waals surface area contributed by atoms with Crippen LogP contribution in [0.5, 0.6) is 0 Å². The SMILES string of the molecule is CNS(=O)(=O)c1ccc(Nc2ccc3c(c2)CCC3)c([N+](=O)[O-])c1. The van der Waals surface area contributed by atoms with Crippen LogP contribution in [0.3, 0.4) is 0 Å². The summed E-state index contributed by atoms with van der Waals surface area (Å²) in [7, 11) is -2.47. The molecule has 2 aromatic carbocycles. The van der Waals surface area contributed by atoms with Crippen LogP contribution in [0.25, 0.3) is 0 Å². The number of fused-ring (bicyclic) bond motifs is 1. The van der Waals surface area contributed by atoms with Gasteiger partial charge in [-0.05, 0) is 61.7 Å². The lowest BCUT2D eigenvalue weighted by molar-refractivity contribution is -0.384. The first kappa shape index (κ1) is 16.4. The van der Waals surface area contributed by atoms with Gasteiger partial charge in [0.05, 0.1) is 9.82 Å². The Hall–Kier alpha value is -2.45. The van der Waals surface area contributed by atoms with E-state index in [1.54, 1.807) is 0 Å². The van der Waals surface area contributed by atoms with Crippen molar-refractivity contribution >= 4 is 27.1 Å². The standard InChI is InChI=1S/C16H17N3O4S/c1-17-24(22,23)14-7-8-15(16(10-14)19(20)21)18-13-6-5-11-3-2-4-12(11)9-13/h5-10,17-18H,2-4H2,1H3. The molecule has 24 heavy (non-hydrogen) atoms. The number of anilines is 2. The number of aryl methyl sites for hydroxylation is 2. The van der Waals surface area contributed by atoms with Gasteiger partial charge in [0.1, 0.15) is 5.69 Å². The van der Waals surface area contributed by atoms with E-state index in [4.69, 9.17) is 0 Å². The summed E-state index contributed by atoms with van der Waals surface area (Å²) in [6.07, 6.45) is 3.19. The van der Waals surface area contributed by atoms with Crippen LogP contribution in [0.4, 0.5) is 17.1 Å². The van der Waals surface area contributed by atoms with E-state index in [9.17, 15) is 18.5 Å². The van der Waals surface area contributed by atoms with Gasteiger partial charge >= 0.3 is 0 Å². The normalized spacial score (nSPS) is 13.5.